The first kappa shape index (κ1) is 11.2. The second-order valence-electron chi connectivity index (χ2n) is 4.61. The summed E-state index contributed by atoms with van der Waals surface area (Å²) >= 11 is 0. The van der Waals surface area contributed by atoms with Crippen LogP contribution in [0.1, 0.15) is 19.3 Å². The van der Waals surface area contributed by atoms with Crippen molar-refractivity contribution in [3.63, 3.8) is 0 Å². The van der Waals surface area contributed by atoms with Crippen LogP contribution in [0.2, 0.25) is 0 Å². The summed E-state index contributed by atoms with van der Waals surface area (Å²) in [5.74, 6) is 1.12. The Bertz CT molecular complexity index is 548. The molecular formula is C13H17N5. The second-order valence-corrected chi connectivity index (χ2v) is 4.61. The third kappa shape index (κ3) is 2.22. The number of benzene rings is 1. The third-order valence-corrected chi connectivity index (χ3v) is 3.22. The van der Waals surface area contributed by atoms with E-state index >= 15 is 0 Å². The summed E-state index contributed by atoms with van der Waals surface area (Å²) < 4.78 is 0. The highest BCUT2D eigenvalue weighted by molar-refractivity contribution is 5.79. The molecule has 94 valence electrons. The molecule has 0 atom stereocenters. The first-order valence-corrected chi connectivity index (χ1v) is 6.37. The Morgan fingerprint density at radius 2 is 1.67 bits per heavy atom. The van der Waals surface area contributed by atoms with Crippen LogP contribution < -0.4 is 11.2 Å². The maximum Gasteiger partial charge on any atom is 0.184 e. The van der Waals surface area contributed by atoms with Crippen LogP contribution in [0.15, 0.2) is 24.3 Å². The van der Waals surface area contributed by atoms with Crippen molar-refractivity contribution in [3.8, 4) is 0 Å². The highest BCUT2D eigenvalue weighted by Gasteiger charge is 2.13. The van der Waals surface area contributed by atoms with E-state index in [-0.39, 0.29) is 0 Å². The van der Waals surface area contributed by atoms with E-state index in [0.717, 1.165) is 24.1 Å². The van der Waals surface area contributed by atoms with Gasteiger partial charge < -0.3 is 5.73 Å². The van der Waals surface area contributed by atoms with E-state index in [0.29, 0.717) is 11.6 Å². The summed E-state index contributed by atoms with van der Waals surface area (Å²) in [5.41, 5.74) is 10.9. The van der Waals surface area contributed by atoms with E-state index in [1.807, 2.05) is 24.3 Å². The van der Waals surface area contributed by atoms with Gasteiger partial charge in [-0.15, -0.1) is 0 Å². The van der Waals surface area contributed by atoms with E-state index in [9.17, 15) is 0 Å². The van der Waals surface area contributed by atoms with Crippen molar-refractivity contribution < 1.29 is 0 Å². The Balaban J connectivity index is 1.88. The number of anilines is 2. The molecule has 0 aliphatic carbocycles. The lowest BCUT2D eigenvalue weighted by atomic mass is 10.2. The molecule has 0 radical (unpaired) electrons. The molecule has 2 aromatic rings. The molecule has 1 aromatic heterocycles. The van der Waals surface area contributed by atoms with Crippen LogP contribution in [0, 0.1) is 0 Å². The molecule has 0 bridgehead atoms. The average Bonchev–Trinajstić information content (AvgIpc) is 2.41. The molecular weight excluding hydrogens is 226 g/mol. The van der Waals surface area contributed by atoms with Crippen LogP contribution >= 0.6 is 0 Å². The van der Waals surface area contributed by atoms with Gasteiger partial charge >= 0.3 is 0 Å². The molecule has 3 rings (SSSR count). The largest absolute Gasteiger partial charge is 0.381 e. The average molecular weight is 243 g/mol. The summed E-state index contributed by atoms with van der Waals surface area (Å²) in [6.45, 7) is 2.07. The first-order valence-electron chi connectivity index (χ1n) is 6.37. The Labute approximate surface area is 106 Å². The van der Waals surface area contributed by atoms with E-state index in [4.69, 9.17) is 5.73 Å². The number of hydrogen-bond donors (Lipinski definition) is 2. The first-order chi connectivity index (χ1) is 8.83. The minimum Gasteiger partial charge on any atom is -0.381 e. The SMILES string of the molecule is Nc1nc2ccccc2nc1NN1CCCCC1. The molecule has 1 aliphatic heterocycles. The summed E-state index contributed by atoms with van der Waals surface area (Å²) in [5, 5.41) is 2.17. The Morgan fingerprint density at radius 3 is 2.39 bits per heavy atom. The number of nitrogens with one attached hydrogen (secondary N) is 1. The fourth-order valence-electron chi connectivity index (χ4n) is 2.25. The maximum atomic E-state index is 5.94. The minimum atomic E-state index is 0.458. The Morgan fingerprint density at radius 1 is 1.00 bits per heavy atom. The lowest BCUT2D eigenvalue weighted by Crippen LogP contribution is -2.35. The van der Waals surface area contributed by atoms with Gasteiger partial charge in [0.05, 0.1) is 11.0 Å². The van der Waals surface area contributed by atoms with Gasteiger partial charge in [0.15, 0.2) is 11.6 Å². The number of para-hydroxylation sites is 2. The molecule has 1 aromatic carbocycles. The van der Waals surface area contributed by atoms with E-state index in [1.165, 1.54) is 19.3 Å². The lowest BCUT2D eigenvalue weighted by Gasteiger charge is -2.27. The number of aromatic nitrogens is 2. The Kier molecular flexibility index (Phi) is 2.98. The monoisotopic (exact) mass is 243 g/mol. The maximum absolute atomic E-state index is 5.94. The van der Waals surface area contributed by atoms with Crippen LogP contribution in [0.3, 0.4) is 0 Å². The molecule has 1 fully saturated rings. The summed E-state index contributed by atoms with van der Waals surface area (Å²) in [7, 11) is 0. The number of hydrogen-bond acceptors (Lipinski definition) is 5. The third-order valence-electron chi connectivity index (χ3n) is 3.22. The van der Waals surface area contributed by atoms with Gasteiger partial charge in [-0.3, -0.25) is 5.43 Å². The predicted octanol–water partition coefficient (Wildman–Crippen LogP) is 2.02. The molecule has 1 aliphatic rings. The van der Waals surface area contributed by atoms with Gasteiger partial charge in [-0.25, -0.2) is 15.0 Å². The van der Waals surface area contributed by atoms with Gasteiger partial charge in [-0.05, 0) is 25.0 Å². The molecule has 5 heteroatoms. The molecule has 1 saturated heterocycles. The molecule has 0 spiro atoms. The van der Waals surface area contributed by atoms with Gasteiger partial charge in [-0.2, -0.15) is 0 Å². The van der Waals surface area contributed by atoms with Gasteiger partial charge in [-0.1, -0.05) is 18.6 Å². The van der Waals surface area contributed by atoms with E-state index in [1.54, 1.807) is 0 Å². The second kappa shape index (κ2) is 4.78. The minimum absolute atomic E-state index is 0.458. The molecule has 2 heterocycles. The predicted molar refractivity (Wildman–Crippen MR) is 73.0 cm³/mol. The number of fused-ring (bicyclic) bond motifs is 1. The van der Waals surface area contributed by atoms with Crippen LogP contribution in [0.5, 0.6) is 0 Å². The zero-order chi connectivity index (χ0) is 12.4. The van der Waals surface area contributed by atoms with Crippen molar-refractivity contribution in [2.24, 2.45) is 0 Å². The van der Waals surface area contributed by atoms with Crippen LogP contribution in [0.25, 0.3) is 11.0 Å². The van der Waals surface area contributed by atoms with Crippen molar-refractivity contribution >= 4 is 22.7 Å². The fourth-order valence-corrected chi connectivity index (χ4v) is 2.25. The van der Waals surface area contributed by atoms with Crippen molar-refractivity contribution in [3.05, 3.63) is 24.3 Å². The molecule has 5 nitrogen and oxygen atoms in total. The molecule has 18 heavy (non-hydrogen) atoms. The van der Waals surface area contributed by atoms with Crippen LogP contribution in [-0.2, 0) is 0 Å². The van der Waals surface area contributed by atoms with Crippen LogP contribution in [0.4, 0.5) is 11.6 Å². The number of piperidine rings is 1. The molecule has 0 unspecified atom stereocenters. The van der Waals surface area contributed by atoms with Crippen LogP contribution in [-0.4, -0.2) is 28.1 Å². The van der Waals surface area contributed by atoms with Gasteiger partial charge in [0, 0.05) is 13.1 Å². The molecule has 0 amide bonds. The molecule has 0 saturated carbocycles. The fraction of sp³-hybridized carbons (Fsp3) is 0.385. The van der Waals surface area contributed by atoms with Gasteiger partial charge in [0.25, 0.3) is 0 Å². The number of nitrogens with zero attached hydrogens (tertiary/aromatic N) is 3. The standard InChI is InChI=1S/C13H17N5/c14-12-13(17-18-8-4-1-5-9-18)16-11-7-3-2-6-10(11)15-12/h2-3,6-7H,1,4-5,8-9H2,(H2,14,15)(H,16,17). The highest BCUT2D eigenvalue weighted by atomic mass is 15.5. The Hall–Kier alpha value is -1.88. The number of hydrazine groups is 1. The lowest BCUT2D eigenvalue weighted by molar-refractivity contribution is 0.272. The van der Waals surface area contributed by atoms with Crippen molar-refractivity contribution in [1.29, 1.82) is 0 Å². The van der Waals surface area contributed by atoms with Crippen molar-refractivity contribution in [2.75, 3.05) is 24.2 Å². The van der Waals surface area contributed by atoms with Gasteiger partial charge in [0.2, 0.25) is 0 Å². The topological polar surface area (TPSA) is 67.1 Å². The number of nitrogens with two attached hydrogens (primary N) is 1. The zero-order valence-corrected chi connectivity index (χ0v) is 10.3. The summed E-state index contributed by atoms with van der Waals surface area (Å²) in [4.78, 5) is 8.90. The normalized spacial score (nSPS) is 16.9. The summed E-state index contributed by atoms with van der Waals surface area (Å²) in [6.07, 6.45) is 3.74. The molecule has 3 N–H and O–H groups in total. The summed E-state index contributed by atoms with van der Waals surface area (Å²) in [6, 6.07) is 7.76. The number of rotatable bonds is 2. The highest BCUT2D eigenvalue weighted by Crippen LogP contribution is 2.20. The van der Waals surface area contributed by atoms with E-state index < -0.39 is 0 Å². The van der Waals surface area contributed by atoms with Gasteiger partial charge in [0.1, 0.15) is 0 Å². The smallest absolute Gasteiger partial charge is 0.184 e. The number of nitrogen functional groups attached to an aromatic ring is 1. The zero-order valence-electron chi connectivity index (χ0n) is 10.3. The quantitative estimate of drug-likeness (QED) is 0.844. The van der Waals surface area contributed by atoms with E-state index in [2.05, 4.69) is 20.4 Å². The van der Waals surface area contributed by atoms with Crippen molar-refractivity contribution in [1.82, 2.24) is 15.0 Å². The van der Waals surface area contributed by atoms with Crippen molar-refractivity contribution in [2.45, 2.75) is 19.3 Å².